The van der Waals surface area contributed by atoms with Crippen LogP contribution in [0.15, 0.2) is 23.8 Å². The van der Waals surface area contributed by atoms with E-state index >= 15 is 0 Å². The highest BCUT2D eigenvalue weighted by Crippen LogP contribution is 2.56. The molecule has 8 rings (SSSR count). The summed E-state index contributed by atoms with van der Waals surface area (Å²) in [5, 5.41) is 55.4. The van der Waals surface area contributed by atoms with Crippen LogP contribution in [0.4, 0.5) is 11.8 Å². The molecule has 9 N–H and O–H groups in total. The normalized spacial score (nSPS) is 37.2. The van der Waals surface area contributed by atoms with Crippen molar-refractivity contribution >= 4 is 57.6 Å². The minimum atomic E-state index is -5.82. The number of aromatic nitrogens is 8. The molecule has 4 aliphatic heterocycles. The Morgan fingerprint density at radius 3 is 2.21 bits per heavy atom. The average Bonchev–Trinajstić information content (AvgIpc) is 3.96. The van der Waals surface area contributed by atoms with E-state index in [1.54, 1.807) is 0 Å². The lowest BCUT2D eigenvalue weighted by Gasteiger charge is -2.34. The van der Waals surface area contributed by atoms with E-state index in [-0.39, 0.29) is 28.1 Å². The van der Waals surface area contributed by atoms with Crippen molar-refractivity contribution in [3.8, 4) is 0 Å². The number of ether oxygens (including phenoxy) is 3. The monoisotopic (exact) mass is 883 g/mol. The van der Waals surface area contributed by atoms with Gasteiger partial charge in [0.25, 0.3) is 29.0 Å². The number of anilines is 2. The summed E-state index contributed by atoms with van der Waals surface area (Å²) in [6.45, 7) is -2.63. The zero-order chi connectivity index (χ0) is 41.5. The van der Waals surface area contributed by atoms with Gasteiger partial charge in [0.15, 0.2) is 41.3 Å². The number of hydrogen-bond acceptors (Lipinski definition) is 27. The van der Waals surface area contributed by atoms with Crippen LogP contribution in [0.1, 0.15) is 12.5 Å². The minimum absolute atomic E-state index is 0.00855. The number of phosphoric acid groups is 3. The van der Waals surface area contributed by atoms with E-state index in [1.165, 1.54) is 10.9 Å². The number of rotatable bonds is 12. The summed E-state index contributed by atoms with van der Waals surface area (Å²) < 4.78 is 78.3. The second-order valence-corrected chi connectivity index (χ2v) is 17.3. The van der Waals surface area contributed by atoms with E-state index in [0.29, 0.717) is 0 Å². The molecule has 0 bridgehead atoms. The number of imidazole rings is 2. The van der Waals surface area contributed by atoms with Gasteiger partial charge in [-0.05, 0) is 0 Å². The molecule has 4 aliphatic rings. The number of aliphatic hydroxyl groups excluding tert-OH is 5. The SMILES string of the molecule is Nc1ncnc2c1ncn2[C@@H]1O[C@H](COP(=O)([O-])OP(=O)([O-])OC[C@H]2OC(Nc3nc4c(ncn4[C@@H]4O[C@@H]5COP(=O)([O-])O[C@H]5[C@H]4O)c(=O)[nH]3)[C@H](O)[C@@H]2O)[C@@H](O)[C@H]1O. The number of phosphoric ester groups is 3. The van der Waals surface area contributed by atoms with Gasteiger partial charge in [0, 0.05) is 0 Å². The predicted octanol–water partition coefficient (Wildman–Crippen LogP) is -5.85. The van der Waals surface area contributed by atoms with E-state index in [4.69, 9.17) is 24.5 Å². The van der Waals surface area contributed by atoms with Crippen LogP contribution in [-0.4, -0.2) is 146 Å². The van der Waals surface area contributed by atoms with Crippen molar-refractivity contribution < 1.29 is 90.5 Å². The highest BCUT2D eigenvalue weighted by molar-refractivity contribution is 7.59. The number of H-pyrrole nitrogens is 1. The van der Waals surface area contributed by atoms with Gasteiger partial charge in [-0.15, -0.1) is 0 Å². The number of nitrogens with zero attached hydrogens (tertiary/aromatic N) is 7. The summed E-state index contributed by atoms with van der Waals surface area (Å²) in [5.74, 6) is -0.394. The second kappa shape index (κ2) is 15.2. The lowest BCUT2D eigenvalue weighted by Crippen LogP contribution is -2.41. The van der Waals surface area contributed by atoms with Gasteiger partial charge in [0.2, 0.25) is 5.95 Å². The molecule has 0 saturated carbocycles. The molecule has 15 atom stereocenters. The summed E-state index contributed by atoms with van der Waals surface area (Å²) in [5.41, 5.74) is 4.70. The van der Waals surface area contributed by atoms with Crippen molar-refractivity contribution in [2.75, 3.05) is 30.9 Å². The molecule has 318 valence electrons. The molecule has 4 saturated heterocycles. The van der Waals surface area contributed by atoms with E-state index in [1.807, 2.05) is 0 Å². The smallest absolute Gasteiger partial charge is 0.280 e. The van der Waals surface area contributed by atoms with Gasteiger partial charge in [-0.2, -0.15) is 4.98 Å². The van der Waals surface area contributed by atoms with Crippen LogP contribution in [0.2, 0.25) is 0 Å². The van der Waals surface area contributed by atoms with Gasteiger partial charge in [0.1, 0.15) is 66.8 Å². The lowest BCUT2D eigenvalue weighted by molar-refractivity contribution is -0.248. The molecule has 0 aromatic carbocycles. The summed E-state index contributed by atoms with van der Waals surface area (Å²) in [4.78, 5) is 71.8. The predicted molar refractivity (Wildman–Crippen MR) is 175 cm³/mol. The van der Waals surface area contributed by atoms with Crippen molar-refractivity contribution in [2.45, 2.75) is 73.6 Å². The molecule has 0 spiro atoms. The maximum Gasteiger partial charge on any atom is 0.280 e. The molecule has 4 aromatic rings. The van der Waals surface area contributed by atoms with Crippen LogP contribution in [0.25, 0.3) is 22.3 Å². The molecule has 4 fully saturated rings. The molecule has 8 heterocycles. The van der Waals surface area contributed by atoms with Crippen LogP contribution >= 0.6 is 23.5 Å². The van der Waals surface area contributed by atoms with Crippen molar-refractivity contribution in [3.05, 3.63) is 29.3 Å². The number of nitrogens with two attached hydrogens (primary N) is 1. The molecular weight excluding hydrogens is 853 g/mol. The van der Waals surface area contributed by atoms with Crippen LogP contribution < -0.4 is 31.3 Å². The Labute approximate surface area is 320 Å². The molecule has 30 nitrogen and oxygen atoms in total. The maximum absolute atomic E-state index is 12.8. The Bertz CT molecular complexity index is 2400. The number of nitrogen functional groups attached to an aromatic ring is 1. The maximum atomic E-state index is 12.8. The third kappa shape index (κ3) is 7.83. The zero-order valence-corrected chi connectivity index (χ0v) is 31.4. The van der Waals surface area contributed by atoms with Gasteiger partial charge < -0.3 is 83.6 Å². The quantitative estimate of drug-likeness (QED) is 0.0614. The van der Waals surface area contributed by atoms with Crippen molar-refractivity contribution in [2.24, 2.45) is 0 Å². The Hall–Kier alpha value is -3.45. The van der Waals surface area contributed by atoms with Crippen LogP contribution in [0.3, 0.4) is 0 Å². The van der Waals surface area contributed by atoms with E-state index in [0.717, 1.165) is 17.2 Å². The number of nitrogens with one attached hydrogen (secondary N) is 2. The first-order chi connectivity index (χ1) is 27.3. The van der Waals surface area contributed by atoms with Gasteiger partial charge in [-0.1, -0.05) is 0 Å². The Kier molecular flexibility index (Phi) is 10.8. The first kappa shape index (κ1) is 41.3. The van der Waals surface area contributed by atoms with E-state index < -0.39 is 128 Å². The first-order valence-corrected chi connectivity index (χ1v) is 21.0. The fraction of sp³-hybridized carbons (Fsp3) is 0.600. The van der Waals surface area contributed by atoms with Crippen molar-refractivity contribution in [1.82, 2.24) is 39.0 Å². The second-order valence-electron chi connectivity index (χ2n) is 13.0. The molecule has 0 radical (unpaired) electrons. The Morgan fingerprint density at radius 2 is 1.50 bits per heavy atom. The van der Waals surface area contributed by atoms with Crippen molar-refractivity contribution in [3.63, 3.8) is 0 Å². The summed E-state index contributed by atoms with van der Waals surface area (Å²) in [6.07, 6.45) is -15.3. The molecule has 58 heavy (non-hydrogen) atoms. The highest BCUT2D eigenvalue weighted by atomic mass is 31.3. The highest BCUT2D eigenvalue weighted by Gasteiger charge is 2.51. The standard InChI is InChI=1S/C25H33N10O20P3/c26-18-10-19(28-4-27-18)34(5-29-10)23-15(39)13(37)8(52-23)2-50-58(46,47)55-57(44,45)49-1-7-12(36)14(38)22(51-7)33-25-31-20-11(21(41)32-25)30-6-35(20)24-16(40)17-9(53-24)3-48-56(42,43)54-17/h4-9,12-17,22-24,36-40H,1-3H2,(H,42,43)(H,44,45)(H,46,47)(H2,26,27,28)(H2,31,32,33,41)/p-3/t7-,8-,9-,12-,13-,14-,15-,16-,17-,22?,23-,24-/m1/s1. The third-order valence-corrected chi connectivity index (χ3v) is 12.8. The van der Waals surface area contributed by atoms with Gasteiger partial charge in [-0.25, -0.2) is 24.2 Å². The van der Waals surface area contributed by atoms with E-state index in [2.05, 4.69) is 53.1 Å². The van der Waals surface area contributed by atoms with Gasteiger partial charge in [0.05, 0.1) is 32.5 Å². The van der Waals surface area contributed by atoms with Gasteiger partial charge in [-0.3, -0.25) is 32.6 Å². The fourth-order valence-corrected chi connectivity index (χ4v) is 9.50. The summed E-state index contributed by atoms with van der Waals surface area (Å²) in [6, 6.07) is 0. The molecule has 33 heteroatoms. The number of hydrogen-bond donors (Lipinski definition) is 8. The summed E-state index contributed by atoms with van der Waals surface area (Å²) in [7, 11) is -16.3. The average molecular weight is 883 g/mol. The topological polar surface area (TPSA) is 441 Å². The molecule has 4 unspecified atom stereocenters. The van der Waals surface area contributed by atoms with Crippen molar-refractivity contribution in [1.29, 1.82) is 0 Å². The first-order valence-electron chi connectivity index (χ1n) is 16.6. The molecule has 0 amide bonds. The molecular formula is C25H30N10O20P3-3. The number of aromatic amines is 1. The summed E-state index contributed by atoms with van der Waals surface area (Å²) >= 11 is 0. The van der Waals surface area contributed by atoms with Crippen LogP contribution in [0.5, 0.6) is 0 Å². The lowest BCUT2D eigenvalue weighted by atomic mass is 10.1. The van der Waals surface area contributed by atoms with E-state index in [9.17, 15) is 58.7 Å². The van der Waals surface area contributed by atoms with Crippen LogP contribution in [-0.2, 0) is 50.3 Å². The molecule has 4 aromatic heterocycles. The van der Waals surface area contributed by atoms with Crippen LogP contribution in [0, 0.1) is 0 Å². The Morgan fingerprint density at radius 1 is 0.879 bits per heavy atom. The van der Waals surface area contributed by atoms with Gasteiger partial charge >= 0.3 is 0 Å². The number of aliphatic hydroxyl groups is 5. The Balaban J connectivity index is 0.865. The third-order valence-electron chi connectivity index (χ3n) is 9.30. The fourth-order valence-electron chi connectivity index (χ4n) is 6.53. The zero-order valence-electron chi connectivity index (χ0n) is 28.7. The number of fused-ring (bicyclic) bond motifs is 3. The largest absolute Gasteiger partial charge is 0.756 e. The minimum Gasteiger partial charge on any atom is -0.756 e. The molecule has 0 aliphatic carbocycles.